The zero-order chi connectivity index (χ0) is 16.4. The summed E-state index contributed by atoms with van der Waals surface area (Å²) in [6.07, 6.45) is 3.11. The van der Waals surface area contributed by atoms with Crippen molar-refractivity contribution in [1.29, 1.82) is 0 Å². The molecule has 1 fully saturated rings. The molecule has 0 amide bonds. The molecular weight excluding hydrogens is 292 g/mol. The van der Waals surface area contributed by atoms with Crippen LogP contribution in [-0.4, -0.2) is 39.2 Å². The molecule has 1 saturated heterocycles. The highest BCUT2D eigenvalue weighted by Crippen LogP contribution is 2.23. The molecule has 0 radical (unpaired) electrons. The summed E-state index contributed by atoms with van der Waals surface area (Å²) in [6.45, 7) is 6.31. The van der Waals surface area contributed by atoms with Crippen LogP contribution in [0.5, 0.6) is 0 Å². The van der Waals surface area contributed by atoms with Gasteiger partial charge in [0.2, 0.25) is 0 Å². The first-order valence-electron chi connectivity index (χ1n) is 8.09. The van der Waals surface area contributed by atoms with Gasteiger partial charge >= 0.3 is 5.97 Å². The molecule has 2 heterocycles. The van der Waals surface area contributed by atoms with Crippen LogP contribution in [0.1, 0.15) is 42.9 Å². The Hall–Kier alpha value is -2.37. The van der Waals surface area contributed by atoms with Crippen molar-refractivity contribution in [3.63, 3.8) is 0 Å². The second-order valence-electron chi connectivity index (χ2n) is 6.41. The van der Waals surface area contributed by atoms with Crippen molar-refractivity contribution in [2.24, 2.45) is 5.92 Å². The van der Waals surface area contributed by atoms with Gasteiger partial charge in [-0.1, -0.05) is 19.1 Å². The third kappa shape index (κ3) is 3.21. The SMILES string of the molecule is CC(C)Cc1c(C(=O)O)nnn1-c1ccc(N2CCCC2)cc1. The molecule has 0 spiro atoms. The number of aromatic carboxylic acids is 1. The van der Waals surface area contributed by atoms with Crippen LogP contribution in [0.3, 0.4) is 0 Å². The normalized spacial score (nSPS) is 14.7. The Morgan fingerprint density at radius 3 is 2.35 bits per heavy atom. The lowest BCUT2D eigenvalue weighted by Crippen LogP contribution is -2.17. The van der Waals surface area contributed by atoms with Crippen LogP contribution in [0.2, 0.25) is 0 Å². The highest BCUT2D eigenvalue weighted by atomic mass is 16.4. The van der Waals surface area contributed by atoms with Gasteiger partial charge in [0, 0.05) is 18.8 Å². The second-order valence-corrected chi connectivity index (χ2v) is 6.41. The first-order valence-corrected chi connectivity index (χ1v) is 8.09. The van der Waals surface area contributed by atoms with Gasteiger partial charge in [-0.05, 0) is 49.4 Å². The van der Waals surface area contributed by atoms with Crippen LogP contribution in [0.25, 0.3) is 5.69 Å². The summed E-state index contributed by atoms with van der Waals surface area (Å²) in [6, 6.07) is 8.11. The lowest BCUT2D eigenvalue weighted by Gasteiger charge is -2.18. The van der Waals surface area contributed by atoms with E-state index >= 15 is 0 Å². The van der Waals surface area contributed by atoms with Gasteiger partial charge in [-0.15, -0.1) is 5.10 Å². The predicted octanol–water partition coefficient (Wildman–Crippen LogP) is 2.76. The third-order valence-electron chi connectivity index (χ3n) is 4.13. The van der Waals surface area contributed by atoms with Gasteiger partial charge in [-0.2, -0.15) is 0 Å². The van der Waals surface area contributed by atoms with Gasteiger partial charge in [0.25, 0.3) is 0 Å². The Bertz CT molecular complexity index is 685. The molecule has 0 atom stereocenters. The van der Waals surface area contributed by atoms with Crippen LogP contribution < -0.4 is 4.90 Å². The molecular formula is C17H22N4O2. The number of rotatable bonds is 5. The lowest BCUT2D eigenvalue weighted by atomic mass is 10.1. The Balaban J connectivity index is 1.92. The van der Waals surface area contributed by atoms with Gasteiger partial charge in [0.15, 0.2) is 5.69 Å². The summed E-state index contributed by atoms with van der Waals surface area (Å²) in [4.78, 5) is 13.7. The van der Waals surface area contributed by atoms with Crippen molar-refractivity contribution < 1.29 is 9.90 Å². The van der Waals surface area contributed by atoms with E-state index in [1.54, 1.807) is 4.68 Å². The number of carboxylic acid groups (broad SMARTS) is 1. The maximum Gasteiger partial charge on any atom is 0.358 e. The van der Waals surface area contributed by atoms with Crippen LogP contribution in [0.4, 0.5) is 5.69 Å². The standard InChI is InChI=1S/C17H22N4O2/c1-12(2)11-15-16(17(22)23)18-19-21(15)14-7-5-13(6-8-14)20-9-3-4-10-20/h5-8,12H,3-4,9-11H2,1-2H3,(H,22,23). The fraction of sp³-hybridized carbons (Fsp3) is 0.471. The van der Waals surface area contributed by atoms with E-state index in [0.717, 1.165) is 18.8 Å². The molecule has 0 aliphatic carbocycles. The molecule has 0 unspecified atom stereocenters. The number of aromatic nitrogens is 3. The Labute approximate surface area is 135 Å². The first kappa shape index (κ1) is 15.5. The van der Waals surface area contributed by atoms with E-state index in [1.165, 1.54) is 18.5 Å². The minimum Gasteiger partial charge on any atom is -0.476 e. The monoisotopic (exact) mass is 314 g/mol. The molecule has 0 saturated carbocycles. The van der Waals surface area contributed by atoms with Crippen LogP contribution in [0, 0.1) is 5.92 Å². The molecule has 122 valence electrons. The maximum absolute atomic E-state index is 11.4. The van der Waals surface area contributed by atoms with Crippen molar-refractivity contribution in [2.45, 2.75) is 33.1 Å². The smallest absolute Gasteiger partial charge is 0.358 e. The predicted molar refractivity (Wildman–Crippen MR) is 88.3 cm³/mol. The molecule has 1 N–H and O–H groups in total. The summed E-state index contributed by atoms with van der Waals surface area (Å²) in [5.41, 5.74) is 2.75. The van der Waals surface area contributed by atoms with Crippen LogP contribution in [-0.2, 0) is 6.42 Å². The van der Waals surface area contributed by atoms with Gasteiger partial charge in [0.1, 0.15) is 0 Å². The van der Waals surface area contributed by atoms with Crippen LogP contribution in [0.15, 0.2) is 24.3 Å². The Morgan fingerprint density at radius 1 is 1.17 bits per heavy atom. The number of benzene rings is 1. The fourth-order valence-corrected chi connectivity index (χ4v) is 3.02. The minimum atomic E-state index is -1.03. The molecule has 6 heteroatoms. The number of anilines is 1. The highest BCUT2D eigenvalue weighted by Gasteiger charge is 2.21. The molecule has 23 heavy (non-hydrogen) atoms. The Kier molecular flexibility index (Phi) is 4.32. The van der Waals surface area contributed by atoms with Crippen LogP contribution >= 0.6 is 0 Å². The van der Waals surface area contributed by atoms with Crippen molar-refractivity contribution in [3.05, 3.63) is 35.7 Å². The van der Waals surface area contributed by atoms with E-state index in [9.17, 15) is 9.90 Å². The number of nitrogens with zero attached hydrogens (tertiary/aromatic N) is 4. The topological polar surface area (TPSA) is 71.2 Å². The molecule has 2 aromatic rings. The average molecular weight is 314 g/mol. The van der Waals surface area contributed by atoms with E-state index in [2.05, 4.69) is 41.2 Å². The average Bonchev–Trinajstić information content (AvgIpc) is 3.16. The second kappa shape index (κ2) is 6.40. The molecule has 1 aliphatic heterocycles. The quantitative estimate of drug-likeness (QED) is 0.919. The largest absolute Gasteiger partial charge is 0.476 e. The lowest BCUT2D eigenvalue weighted by molar-refractivity contribution is 0.0689. The van der Waals surface area contributed by atoms with E-state index in [4.69, 9.17) is 0 Å². The zero-order valence-electron chi connectivity index (χ0n) is 13.6. The van der Waals surface area contributed by atoms with Gasteiger partial charge in [-0.25, -0.2) is 9.48 Å². The van der Waals surface area contributed by atoms with Gasteiger partial charge in [0.05, 0.1) is 11.4 Å². The van der Waals surface area contributed by atoms with Crippen molar-refractivity contribution in [1.82, 2.24) is 15.0 Å². The van der Waals surface area contributed by atoms with Crippen molar-refractivity contribution in [2.75, 3.05) is 18.0 Å². The van der Waals surface area contributed by atoms with E-state index in [-0.39, 0.29) is 5.69 Å². The Morgan fingerprint density at radius 2 is 1.78 bits per heavy atom. The number of hydrogen-bond acceptors (Lipinski definition) is 4. The highest BCUT2D eigenvalue weighted by molar-refractivity contribution is 5.86. The van der Waals surface area contributed by atoms with Gasteiger partial charge in [-0.3, -0.25) is 0 Å². The summed E-state index contributed by atoms with van der Waals surface area (Å²) in [5.74, 6) is -0.699. The van der Waals surface area contributed by atoms with Gasteiger partial charge < -0.3 is 10.0 Å². The molecule has 1 aromatic carbocycles. The third-order valence-corrected chi connectivity index (χ3v) is 4.13. The zero-order valence-corrected chi connectivity index (χ0v) is 13.6. The number of carbonyl (C=O) groups is 1. The summed E-state index contributed by atoms with van der Waals surface area (Å²) < 4.78 is 1.65. The fourth-order valence-electron chi connectivity index (χ4n) is 3.02. The molecule has 1 aromatic heterocycles. The maximum atomic E-state index is 11.4. The molecule has 1 aliphatic rings. The number of hydrogen-bond donors (Lipinski definition) is 1. The van der Waals surface area contributed by atoms with Crippen molar-refractivity contribution >= 4 is 11.7 Å². The molecule has 3 rings (SSSR count). The van der Waals surface area contributed by atoms with Crippen molar-refractivity contribution in [3.8, 4) is 5.69 Å². The van der Waals surface area contributed by atoms with E-state index in [0.29, 0.717) is 18.0 Å². The summed E-state index contributed by atoms with van der Waals surface area (Å²) >= 11 is 0. The number of carboxylic acids is 1. The molecule has 0 bridgehead atoms. The summed E-state index contributed by atoms with van der Waals surface area (Å²) in [7, 11) is 0. The first-order chi connectivity index (χ1) is 11.1. The molecule has 6 nitrogen and oxygen atoms in total. The van der Waals surface area contributed by atoms with E-state index in [1.807, 2.05) is 12.1 Å². The van der Waals surface area contributed by atoms with E-state index < -0.39 is 5.97 Å². The minimum absolute atomic E-state index is 0.0438. The summed E-state index contributed by atoms with van der Waals surface area (Å²) in [5, 5.41) is 17.2.